The first kappa shape index (κ1) is 14.0. The van der Waals surface area contributed by atoms with Crippen LogP contribution in [0.5, 0.6) is 0 Å². The molecule has 0 unspecified atom stereocenters. The van der Waals surface area contributed by atoms with Crippen molar-refractivity contribution in [3.8, 4) is 0 Å². The fraction of sp³-hybridized carbons (Fsp3) is 0.235. The lowest BCUT2D eigenvalue weighted by Gasteiger charge is -2.15. The van der Waals surface area contributed by atoms with E-state index in [9.17, 15) is 4.79 Å². The molecule has 0 radical (unpaired) electrons. The molecule has 21 heavy (non-hydrogen) atoms. The van der Waals surface area contributed by atoms with Crippen LogP contribution in [0.1, 0.15) is 16.0 Å². The van der Waals surface area contributed by atoms with Crippen molar-refractivity contribution in [1.29, 1.82) is 0 Å². The van der Waals surface area contributed by atoms with Gasteiger partial charge in [0.25, 0.3) is 0 Å². The van der Waals surface area contributed by atoms with Crippen LogP contribution in [0.15, 0.2) is 51.2 Å². The summed E-state index contributed by atoms with van der Waals surface area (Å²) in [5.41, 5.74) is 2.71. The molecule has 108 valence electrons. The van der Waals surface area contributed by atoms with Crippen molar-refractivity contribution in [3.05, 3.63) is 68.2 Å². The minimum Gasteiger partial charge on any atom is -0.464 e. The van der Waals surface area contributed by atoms with E-state index < -0.39 is 0 Å². The van der Waals surface area contributed by atoms with Gasteiger partial charge in [0, 0.05) is 23.5 Å². The van der Waals surface area contributed by atoms with E-state index in [4.69, 9.17) is 4.42 Å². The summed E-state index contributed by atoms with van der Waals surface area (Å²) in [5.74, 6) is 0. The molecule has 0 aliphatic heterocycles. The van der Waals surface area contributed by atoms with Gasteiger partial charge in [-0.1, -0.05) is 12.1 Å². The number of para-hydroxylation sites is 1. The summed E-state index contributed by atoms with van der Waals surface area (Å²) in [7, 11) is 2.02. The molecule has 3 nitrogen and oxygen atoms in total. The Hall–Kier alpha value is -1.91. The Bertz CT molecular complexity index is 819. The highest BCUT2D eigenvalue weighted by Crippen LogP contribution is 2.18. The number of benzene rings is 1. The van der Waals surface area contributed by atoms with Gasteiger partial charge >= 0.3 is 0 Å². The predicted octanol–water partition coefficient (Wildman–Crippen LogP) is 3.79. The molecule has 0 saturated heterocycles. The average molecular weight is 299 g/mol. The standard InChI is InChI=1S/C17H17NO2S/c1-12-7-8-21-16(12)10-18(2)9-13-11-20-15-6-4-3-5-14(15)17(13)19/h3-8,11H,9-10H2,1-2H3. The molecule has 3 rings (SSSR count). The van der Waals surface area contributed by atoms with Crippen LogP contribution in [-0.4, -0.2) is 11.9 Å². The fourth-order valence-corrected chi connectivity index (χ4v) is 3.37. The molecule has 0 aliphatic carbocycles. The quantitative estimate of drug-likeness (QED) is 0.735. The molecular formula is C17H17NO2S. The van der Waals surface area contributed by atoms with Crippen LogP contribution in [0.25, 0.3) is 11.0 Å². The van der Waals surface area contributed by atoms with E-state index in [1.54, 1.807) is 17.6 Å². The van der Waals surface area contributed by atoms with Crippen LogP contribution in [0.2, 0.25) is 0 Å². The number of aryl methyl sites for hydroxylation is 1. The molecule has 0 amide bonds. The Morgan fingerprint density at radius 3 is 2.76 bits per heavy atom. The van der Waals surface area contributed by atoms with Gasteiger partial charge in [0.2, 0.25) is 0 Å². The zero-order chi connectivity index (χ0) is 14.8. The van der Waals surface area contributed by atoms with Gasteiger partial charge in [0.1, 0.15) is 5.58 Å². The zero-order valence-corrected chi connectivity index (χ0v) is 12.9. The predicted molar refractivity (Wildman–Crippen MR) is 86.7 cm³/mol. The smallest absolute Gasteiger partial charge is 0.197 e. The second kappa shape index (κ2) is 5.84. The summed E-state index contributed by atoms with van der Waals surface area (Å²) in [6.07, 6.45) is 1.59. The lowest BCUT2D eigenvalue weighted by atomic mass is 10.1. The summed E-state index contributed by atoms with van der Waals surface area (Å²) in [5, 5.41) is 2.75. The van der Waals surface area contributed by atoms with Crippen molar-refractivity contribution in [1.82, 2.24) is 4.90 Å². The van der Waals surface area contributed by atoms with Crippen molar-refractivity contribution in [3.63, 3.8) is 0 Å². The van der Waals surface area contributed by atoms with E-state index in [0.29, 0.717) is 23.1 Å². The van der Waals surface area contributed by atoms with E-state index >= 15 is 0 Å². The molecule has 2 aromatic heterocycles. The first-order valence-electron chi connectivity index (χ1n) is 6.86. The van der Waals surface area contributed by atoms with Crippen molar-refractivity contribution < 1.29 is 4.42 Å². The Kier molecular flexibility index (Phi) is 3.90. The van der Waals surface area contributed by atoms with Crippen molar-refractivity contribution in [2.24, 2.45) is 0 Å². The molecule has 4 heteroatoms. The molecule has 0 bridgehead atoms. The zero-order valence-electron chi connectivity index (χ0n) is 12.1. The van der Waals surface area contributed by atoms with E-state index in [1.165, 1.54) is 10.4 Å². The largest absolute Gasteiger partial charge is 0.464 e. The molecule has 0 aliphatic rings. The Morgan fingerprint density at radius 1 is 1.19 bits per heavy atom. The third-order valence-electron chi connectivity index (χ3n) is 3.57. The summed E-state index contributed by atoms with van der Waals surface area (Å²) in [6, 6.07) is 9.49. The lowest BCUT2D eigenvalue weighted by Crippen LogP contribution is -2.21. The molecule has 3 aromatic rings. The lowest BCUT2D eigenvalue weighted by molar-refractivity contribution is 0.317. The topological polar surface area (TPSA) is 33.5 Å². The van der Waals surface area contributed by atoms with E-state index in [-0.39, 0.29) is 5.43 Å². The summed E-state index contributed by atoms with van der Waals surface area (Å²) in [4.78, 5) is 15.9. The third kappa shape index (κ3) is 2.91. The number of hydrogen-bond acceptors (Lipinski definition) is 4. The number of hydrogen-bond donors (Lipinski definition) is 0. The van der Waals surface area contributed by atoms with E-state index in [0.717, 1.165) is 6.54 Å². The van der Waals surface area contributed by atoms with Gasteiger partial charge in [-0.15, -0.1) is 11.3 Å². The van der Waals surface area contributed by atoms with Crippen molar-refractivity contribution in [2.75, 3.05) is 7.05 Å². The normalized spacial score (nSPS) is 11.4. The number of nitrogens with zero attached hydrogens (tertiary/aromatic N) is 1. The summed E-state index contributed by atoms with van der Waals surface area (Å²) in [6.45, 7) is 3.55. The second-order valence-electron chi connectivity index (χ2n) is 5.29. The van der Waals surface area contributed by atoms with E-state index in [2.05, 4.69) is 23.3 Å². The van der Waals surface area contributed by atoms with Crippen LogP contribution in [-0.2, 0) is 13.1 Å². The molecule has 1 aromatic carbocycles. The van der Waals surface area contributed by atoms with Crippen LogP contribution in [0.4, 0.5) is 0 Å². The maximum absolute atomic E-state index is 12.4. The van der Waals surface area contributed by atoms with Gasteiger partial charge in [0.05, 0.1) is 11.6 Å². The Labute approximate surface area is 127 Å². The van der Waals surface area contributed by atoms with Gasteiger partial charge in [-0.3, -0.25) is 9.69 Å². The SMILES string of the molecule is Cc1ccsc1CN(C)Cc1coc2ccccc2c1=O. The molecule has 0 atom stereocenters. The summed E-state index contributed by atoms with van der Waals surface area (Å²) < 4.78 is 5.56. The van der Waals surface area contributed by atoms with Gasteiger partial charge < -0.3 is 4.42 Å². The molecule has 2 heterocycles. The van der Waals surface area contributed by atoms with Crippen LogP contribution >= 0.6 is 11.3 Å². The average Bonchev–Trinajstić information content (AvgIpc) is 2.87. The Morgan fingerprint density at radius 2 is 2.00 bits per heavy atom. The maximum atomic E-state index is 12.4. The summed E-state index contributed by atoms with van der Waals surface area (Å²) >= 11 is 1.75. The first-order chi connectivity index (χ1) is 10.1. The Balaban J connectivity index is 1.83. The molecule has 0 saturated carbocycles. The van der Waals surface area contributed by atoms with Crippen LogP contribution in [0.3, 0.4) is 0 Å². The van der Waals surface area contributed by atoms with E-state index in [1.807, 2.05) is 31.3 Å². The minimum atomic E-state index is 0.0617. The number of fused-ring (bicyclic) bond motifs is 1. The number of thiophene rings is 1. The highest BCUT2D eigenvalue weighted by atomic mass is 32.1. The van der Waals surface area contributed by atoms with Crippen molar-refractivity contribution in [2.45, 2.75) is 20.0 Å². The van der Waals surface area contributed by atoms with Crippen LogP contribution in [0, 0.1) is 6.92 Å². The van der Waals surface area contributed by atoms with Gasteiger partial charge in [-0.25, -0.2) is 0 Å². The van der Waals surface area contributed by atoms with Crippen LogP contribution < -0.4 is 5.43 Å². The van der Waals surface area contributed by atoms with Crippen molar-refractivity contribution >= 4 is 22.3 Å². The number of rotatable bonds is 4. The molecular weight excluding hydrogens is 282 g/mol. The monoisotopic (exact) mass is 299 g/mol. The maximum Gasteiger partial charge on any atom is 0.197 e. The fourth-order valence-electron chi connectivity index (χ4n) is 2.39. The molecule has 0 spiro atoms. The third-order valence-corrected chi connectivity index (χ3v) is 4.58. The highest BCUT2D eigenvalue weighted by molar-refractivity contribution is 7.10. The minimum absolute atomic E-state index is 0.0617. The van der Waals surface area contributed by atoms with Gasteiger partial charge in [-0.2, -0.15) is 0 Å². The van der Waals surface area contributed by atoms with Gasteiger partial charge in [0.15, 0.2) is 5.43 Å². The second-order valence-corrected chi connectivity index (χ2v) is 6.29. The first-order valence-corrected chi connectivity index (χ1v) is 7.74. The highest BCUT2D eigenvalue weighted by Gasteiger charge is 2.10. The molecule has 0 fully saturated rings. The van der Waals surface area contributed by atoms with Gasteiger partial charge in [-0.05, 0) is 43.1 Å². The molecule has 0 N–H and O–H groups in total.